The van der Waals surface area contributed by atoms with Gasteiger partial charge in [-0.15, -0.1) is 8.78 Å². The number of aliphatic hydroxyl groups excluding tert-OH is 1. The lowest BCUT2D eigenvalue weighted by atomic mass is 10.2. The molecule has 21 heavy (non-hydrogen) atoms. The van der Waals surface area contributed by atoms with Gasteiger partial charge in [0, 0.05) is 24.9 Å². The molecule has 118 valence electrons. The van der Waals surface area contributed by atoms with Crippen molar-refractivity contribution in [1.82, 2.24) is 0 Å². The first-order valence-corrected chi connectivity index (χ1v) is 6.75. The van der Waals surface area contributed by atoms with Crippen molar-refractivity contribution in [2.45, 2.75) is 26.2 Å². The van der Waals surface area contributed by atoms with Gasteiger partial charge in [-0.25, -0.2) is 0 Å². The monoisotopic (exact) mass is 303 g/mol. The SMILES string of the molecule is CC(C)COCC(O)CNc1ccc2c(c1)OC(F)(F)O2. The fraction of sp³-hybridized carbons (Fsp3) is 0.571. The van der Waals surface area contributed by atoms with Gasteiger partial charge in [-0.05, 0) is 18.1 Å². The standard InChI is InChI=1S/C14H19F2NO4/c1-9(2)7-19-8-11(18)6-17-10-3-4-12-13(5-10)21-14(15,16)20-12/h3-5,9,11,17-18H,6-8H2,1-2H3. The first kappa shape index (κ1) is 15.8. The predicted molar refractivity (Wildman–Crippen MR) is 72.8 cm³/mol. The number of anilines is 1. The first-order valence-electron chi connectivity index (χ1n) is 6.75. The van der Waals surface area contributed by atoms with Gasteiger partial charge in [0.15, 0.2) is 11.5 Å². The molecule has 2 rings (SSSR count). The molecule has 7 heteroatoms. The van der Waals surface area contributed by atoms with Gasteiger partial charge in [0.1, 0.15) is 0 Å². The van der Waals surface area contributed by atoms with Crippen molar-refractivity contribution >= 4 is 5.69 Å². The molecule has 1 aliphatic heterocycles. The van der Waals surface area contributed by atoms with Crippen LogP contribution in [0, 0.1) is 5.92 Å². The van der Waals surface area contributed by atoms with Crippen LogP contribution in [0.3, 0.4) is 0 Å². The third kappa shape index (κ3) is 4.71. The number of fused-ring (bicyclic) bond motifs is 1. The summed E-state index contributed by atoms with van der Waals surface area (Å²) in [6.45, 7) is 5.08. The molecule has 0 saturated carbocycles. The molecule has 1 atom stereocenters. The zero-order chi connectivity index (χ0) is 15.5. The maximum atomic E-state index is 12.9. The molecule has 1 unspecified atom stereocenters. The highest BCUT2D eigenvalue weighted by Gasteiger charge is 2.43. The summed E-state index contributed by atoms with van der Waals surface area (Å²) in [6.07, 6.45) is -4.30. The van der Waals surface area contributed by atoms with Gasteiger partial charge in [-0.3, -0.25) is 0 Å². The Morgan fingerprint density at radius 2 is 1.95 bits per heavy atom. The van der Waals surface area contributed by atoms with Crippen molar-refractivity contribution in [3.05, 3.63) is 18.2 Å². The van der Waals surface area contributed by atoms with Crippen molar-refractivity contribution < 1.29 is 28.1 Å². The number of hydrogen-bond donors (Lipinski definition) is 2. The topological polar surface area (TPSA) is 60.0 Å². The van der Waals surface area contributed by atoms with Crippen LogP contribution >= 0.6 is 0 Å². The molecule has 1 aliphatic rings. The van der Waals surface area contributed by atoms with Gasteiger partial charge in [0.2, 0.25) is 0 Å². The number of hydrogen-bond acceptors (Lipinski definition) is 5. The molecular weight excluding hydrogens is 284 g/mol. The van der Waals surface area contributed by atoms with Crippen LogP contribution < -0.4 is 14.8 Å². The predicted octanol–water partition coefficient (Wildman–Crippen LogP) is 2.45. The normalized spacial score (nSPS) is 17.0. The van der Waals surface area contributed by atoms with E-state index in [0.717, 1.165) is 0 Å². The van der Waals surface area contributed by atoms with E-state index in [1.165, 1.54) is 12.1 Å². The molecule has 0 aromatic heterocycles. The van der Waals surface area contributed by atoms with Crippen LogP contribution in [0.1, 0.15) is 13.8 Å². The summed E-state index contributed by atoms with van der Waals surface area (Å²) >= 11 is 0. The Balaban J connectivity index is 1.80. The summed E-state index contributed by atoms with van der Waals surface area (Å²) in [5.74, 6) is 0.364. The van der Waals surface area contributed by atoms with Crippen molar-refractivity contribution in [1.29, 1.82) is 0 Å². The molecule has 0 saturated heterocycles. The molecule has 0 spiro atoms. The number of benzene rings is 1. The highest BCUT2D eigenvalue weighted by Crippen LogP contribution is 2.42. The third-order valence-electron chi connectivity index (χ3n) is 2.70. The molecule has 1 aromatic carbocycles. The second kappa shape index (κ2) is 6.44. The minimum Gasteiger partial charge on any atom is -0.395 e. The minimum atomic E-state index is -3.62. The summed E-state index contributed by atoms with van der Waals surface area (Å²) in [5.41, 5.74) is 0.554. The molecule has 0 fully saturated rings. The summed E-state index contributed by atoms with van der Waals surface area (Å²) in [5, 5.41) is 12.7. The number of ether oxygens (including phenoxy) is 3. The highest BCUT2D eigenvalue weighted by atomic mass is 19.3. The number of rotatable bonds is 7. The van der Waals surface area contributed by atoms with Gasteiger partial charge in [-0.1, -0.05) is 13.8 Å². The lowest BCUT2D eigenvalue weighted by Gasteiger charge is -2.14. The van der Waals surface area contributed by atoms with Crippen LogP contribution in [0.25, 0.3) is 0 Å². The average Bonchev–Trinajstić information content (AvgIpc) is 2.68. The maximum absolute atomic E-state index is 12.9. The van der Waals surface area contributed by atoms with Crippen molar-refractivity contribution in [2.24, 2.45) is 5.92 Å². The van der Waals surface area contributed by atoms with Gasteiger partial charge in [0.05, 0.1) is 12.7 Å². The molecule has 2 N–H and O–H groups in total. The molecule has 0 radical (unpaired) electrons. The summed E-state index contributed by atoms with van der Waals surface area (Å²) in [7, 11) is 0. The Labute approximate surface area is 121 Å². The van der Waals surface area contributed by atoms with Gasteiger partial charge in [-0.2, -0.15) is 0 Å². The van der Waals surface area contributed by atoms with Gasteiger partial charge in [0.25, 0.3) is 0 Å². The Kier molecular flexibility index (Phi) is 4.84. The molecule has 0 bridgehead atoms. The molecule has 5 nitrogen and oxygen atoms in total. The fourth-order valence-corrected chi connectivity index (χ4v) is 1.79. The second-order valence-electron chi connectivity index (χ2n) is 5.30. The Hall–Kier alpha value is -1.60. The quantitative estimate of drug-likeness (QED) is 0.810. The van der Waals surface area contributed by atoms with Crippen molar-refractivity contribution in [3.8, 4) is 11.5 Å². The molecular formula is C14H19F2NO4. The van der Waals surface area contributed by atoms with Crippen LogP contribution in [-0.4, -0.2) is 37.3 Å². The molecule has 0 aliphatic carbocycles. The van der Waals surface area contributed by atoms with E-state index in [9.17, 15) is 13.9 Å². The van der Waals surface area contributed by atoms with Crippen LogP contribution in [0.15, 0.2) is 18.2 Å². The lowest BCUT2D eigenvalue weighted by Crippen LogP contribution is -2.26. The summed E-state index contributed by atoms with van der Waals surface area (Å²) in [6, 6.07) is 4.36. The lowest BCUT2D eigenvalue weighted by molar-refractivity contribution is -0.286. The second-order valence-corrected chi connectivity index (χ2v) is 5.30. The smallest absolute Gasteiger partial charge is 0.395 e. The van der Waals surface area contributed by atoms with Gasteiger partial charge < -0.3 is 24.6 Å². The molecule has 0 amide bonds. The van der Waals surface area contributed by atoms with E-state index in [1.54, 1.807) is 6.07 Å². The Morgan fingerprint density at radius 3 is 2.67 bits per heavy atom. The summed E-state index contributed by atoms with van der Waals surface area (Å²) in [4.78, 5) is 0. The third-order valence-corrected chi connectivity index (χ3v) is 2.70. The van der Waals surface area contributed by atoms with Crippen LogP contribution in [0.5, 0.6) is 11.5 Å². The van der Waals surface area contributed by atoms with Crippen LogP contribution in [0.4, 0.5) is 14.5 Å². The van der Waals surface area contributed by atoms with Crippen molar-refractivity contribution in [2.75, 3.05) is 25.1 Å². The van der Waals surface area contributed by atoms with E-state index in [2.05, 4.69) is 14.8 Å². The van der Waals surface area contributed by atoms with Crippen LogP contribution in [0.2, 0.25) is 0 Å². The van der Waals surface area contributed by atoms with Crippen molar-refractivity contribution in [3.63, 3.8) is 0 Å². The Morgan fingerprint density at radius 1 is 1.24 bits per heavy atom. The van der Waals surface area contributed by atoms with E-state index in [4.69, 9.17) is 4.74 Å². The number of alkyl halides is 2. The largest absolute Gasteiger partial charge is 0.586 e. The van der Waals surface area contributed by atoms with E-state index in [0.29, 0.717) is 18.2 Å². The fourth-order valence-electron chi connectivity index (χ4n) is 1.79. The molecule has 1 heterocycles. The average molecular weight is 303 g/mol. The zero-order valence-corrected chi connectivity index (χ0v) is 11.9. The first-order chi connectivity index (χ1) is 9.85. The van der Waals surface area contributed by atoms with E-state index in [1.807, 2.05) is 13.8 Å². The Bertz CT molecular complexity index is 482. The number of aliphatic hydroxyl groups is 1. The van der Waals surface area contributed by atoms with E-state index in [-0.39, 0.29) is 24.7 Å². The number of nitrogens with one attached hydrogen (secondary N) is 1. The number of halogens is 2. The van der Waals surface area contributed by atoms with Gasteiger partial charge >= 0.3 is 6.29 Å². The molecule has 1 aromatic rings. The highest BCUT2D eigenvalue weighted by molar-refractivity contribution is 5.56. The maximum Gasteiger partial charge on any atom is 0.586 e. The zero-order valence-electron chi connectivity index (χ0n) is 11.9. The van der Waals surface area contributed by atoms with E-state index < -0.39 is 12.4 Å². The minimum absolute atomic E-state index is 0.00800. The van der Waals surface area contributed by atoms with E-state index >= 15 is 0 Å². The van der Waals surface area contributed by atoms with Crippen LogP contribution in [-0.2, 0) is 4.74 Å². The summed E-state index contributed by atoms with van der Waals surface area (Å²) < 4.78 is 39.7.